The van der Waals surface area contributed by atoms with Crippen LogP contribution in [-0.2, 0) is 10.0 Å². The second-order valence-electron chi connectivity index (χ2n) is 5.27. The molecule has 0 aliphatic carbocycles. The molecule has 0 aromatic heterocycles. The zero-order chi connectivity index (χ0) is 15.6. The van der Waals surface area contributed by atoms with E-state index in [1.807, 2.05) is 0 Å². The van der Waals surface area contributed by atoms with Crippen LogP contribution in [0.4, 0.5) is 4.39 Å². The van der Waals surface area contributed by atoms with Gasteiger partial charge in [-0.05, 0) is 31.0 Å². The van der Waals surface area contributed by atoms with Crippen molar-refractivity contribution < 1.29 is 17.6 Å². The van der Waals surface area contributed by atoms with E-state index in [0.717, 1.165) is 0 Å². The molecule has 0 spiro atoms. The summed E-state index contributed by atoms with van der Waals surface area (Å²) in [6.45, 7) is 3.12. The molecular formula is C14H19FN2O3S. The maximum absolute atomic E-state index is 13.5. The molecule has 1 saturated heterocycles. The first kappa shape index (κ1) is 15.9. The lowest BCUT2D eigenvalue weighted by Gasteiger charge is -2.21. The summed E-state index contributed by atoms with van der Waals surface area (Å²) < 4.78 is 38.0. The lowest BCUT2D eigenvalue weighted by Crippen LogP contribution is -2.37. The van der Waals surface area contributed by atoms with Crippen LogP contribution in [0.1, 0.15) is 22.3 Å². The van der Waals surface area contributed by atoms with Crippen molar-refractivity contribution in [2.24, 2.45) is 0 Å². The maximum Gasteiger partial charge on any atom is 0.254 e. The number of rotatable bonds is 2. The van der Waals surface area contributed by atoms with Gasteiger partial charge in [-0.25, -0.2) is 17.1 Å². The third kappa shape index (κ3) is 3.79. The fraction of sp³-hybridized carbons (Fsp3) is 0.500. The summed E-state index contributed by atoms with van der Waals surface area (Å²) in [5.41, 5.74) is 0.788. The van der Waals surface area contributed by atoms with Crippen molar-refractivity contribution in [1.29, 1.82) is 0 Å². The average molecular weight is 314 g/mol. The third-order valence-electron chi connectivity index (χ3n) is 3.63. The Labute approximate surface area is 124 Å². The molecule has 1 heterocycles. The minimum atomic E-state index is -3.24. The SMILES string of the molecule is Cc1ccc(C(=O)N2CCCN(S(C)(=O)=O)CC2)cc1F. The quantitative estimate of drug-likeness (QED) is 0.825. The summed E-state index contributed by atoms with van der Waals surface area (Å²) in [6.07, 6.45) is 1.74. The molecule has 1 aromatic carbocycles. The molecular weight excluding hydrogens is 295 g/mol. The van der Waals surface area contributed by atoms with Crippen LogP contribution >= 0.6 is 0 Å². The molecule has 21 heavy (non-hydrogen) atoms. The van der Waals surface area contributed by atoms with E-state index in [4.69, 9.17) is 0 Å². The van der Waals surface area contributed by atoms with E-state index in [1.165, 1.54) is 16.6 Å². The third-order valence-corrected chi connectivity index (χ3v) is 4.93. The molecule has 0 N–H and O–H groups in total. The van der Waals surface area contributed by atoms with Gasteiger partial charge >= 0.3 is 0 Å². The minimum Gasteiger partial charge on any atom is -0.337 e. The van der Waals surface area contributed by atoms with Crippen LogP contribution in [0.25, 0.3) is 0 Å². The molecule has 7 heteroatoms. The average Bonchev–Trinajstić information content (AvgIpc) is 2.66. The Morgan fingerprint density at radius 1 is 1.19 bits per heavy atom. The van der Waals surface area contributed by atoms with E-state index in [1.54, 1.807) is 24.0 Å². The van der Waals surface area contributed by atoms with E-state index in [0.29, 0.717) is 37.2 Å². The van der Waals surface area contributed by atoms with Crippen LogP contribution < -0.4 is 0 Å². The van der Waals surface area contributed by atoms with Crippen molar-refractivity contribution in [2.45, 2.75) is 13.3 Å². The summed E-state index contributed by atoms with van der Waals surface area (Å²) in [5.74, 6) is -0.669. The highest BCUT2D eigenvalue weighted by molar-refractivity contribution is 7.88. The molecule has 116 valence electrons. The molecule has 0 saturated carbocycles. The topological polar surface area (TPSA) is 57.7 Å². The van der Waals surface area contributed by atoms with Crippen molar-refractivity contribution in [3.63, 3.8) is 0 Å². The number of carbonyl (C=O) groups excluding carboxylic acids is 1. The molecule has 1 amide bonds. The first-order chi connectivity index (χ1) is 9.79. The number of amides is 1. The van der Waals surface area contributed by atoms with Crippen molar-refractivity contribution in [3.05, 3.63) is 35.1 Å². The van der Waals surface area contributed by atoms with Crippen molar-refractivity contribution >= 4 is 15.9 Å². The lowest BCUT2D eigenvalue weighted by atomic mass is 10.1. The summed E-state index contributed by atoms with van der Waals surface area (Å²) in [5, 5.41) is 0. The predicted octanol–water partition coefficient (Wildman–Crippen LogP) is 1.24. The van der Waals surface area contributed by atoms with Crippen LogP contribution in [-0.4, -0.2) is 56.0 Å². The molecule has 0 atom stereocenters. The van der Waals surface area contributed by atoms with Gasteiger partial charge in [0.25, 0.3) is 5.91 Å². The van der Waals surface area contributed by atoms with Gasteiger partial charge in [0.05, 0.1) is 6.26 Å². The Morgan fingerprint density at radius 2 is 1.90 bits per heavy atom. The zero-order valence-corrected chi connectivity index (χ0v) is 13.0. The molecule has 0 radical (unpaired) electrons. The van der Waals surface area contributed by atoms with E-state index in [2.05, 4.69) is 0 Å². The maximum atomic E-state index is 13.5. The van der Waals surface area contributed by atoms with Crippen LogP contribution in [0.5, 0.6) is 0 Å². The second-order valence-corrected chi connectivity index (χ2v) is 7.25. The van der Waals surface area contributed by atoms with Crippen LogP contribution in [0.3, 0.4) is 0 Å². The van der Waals surface area contributed by atoms with E-state index in [-0.39, 0.29) is 12.5 Å². The standard InChI is InChI=1S/C14H19FN2O3S/c1-11-4-5-12(10-13(11)15)14(18)16-6-3-7-17(9-8-16)21(2,19)20/h4-5,10H,3,6-9H2,1-2H3. The van der Waals surface area contributed by atoms with Gasteiger partial charge in [0.1, 0.15) is 5.82 Å². The Morgan fingerprint density at radius 3 is 2.52 bits per heavy atom. The minimum absolute atomic E-state index is 0.260. The Kier molecular flexibility index (Phi) is 4.63. The molecule has 0 unspecified atom stereocenters. The summed E-state index contributed by atoms with van der Waals surface area (Å²) in [7, 11) is -3.24. The van der Waals surface area contributed by atoms with Gasteiger partial charge in [-0.2, -0.15) is 0 Å². The van der Waals surface area contributed by atoms with Gasteiger partial charge in [-0.3, -0.25) is 4.79 Å². The van der Waals surface area contributed by atoms with Gasteiger partial charge < -0.3 is 4.90 Å². The van der Waals surface area contributed by atoms with Gasteiger partial charge in [0.15, 0.2) is 0 Å². The van der Waals surface area contributed by atoms with Gasteiger partial charge in [0.2, 0.25) is 10.0 Å². The normalized spacial score (nSPS) is 17.6. The number of hydrogen-bond acceptors (Lipinski definition) is 3. The Bertz CT molecular complexity index is 646. The lowest BCUT2D eigenvalue weighted by molar-refractivity contribution is 0.0763. The number of carbonyl (C=O) groups is 1. The fourth-order valence-corrected chi connectivity index (χ4v) is 3.21. The van der Waals surface area contributed by atoms with Crippen LogP contribution in [0.15, 0.2) is 18.2 Å². The van der Waals surface area contributed by atoms with E-state index in [9.17, 15) is 17.6 Å². The van der Waals surface area contributed by atoms with E-state index < -0.39 is 15.8 Å². The molecule has 2 rings (SSSR count). The number of sulfonamides is 1. The van der Waals surface area contributed by atoms with Crippen molar-refractivity contribution in [1.82, 2.24) is 9.21 Å². The molecule has 1 aromatic rings. The Hall–Kier alpha value is -1.47. The van der Waals surface area contributed by atoms with Crippen LogP contribution in [0.2, 0.25) is 0 Å². The highest BCUT2D eigenvalue weighted by Gasteiger charge is 2.24. The van der Waals surface area contributed by atoms with Crippen molar-refractivity contribution in [2.75, 3.05) is 32.4 Å². The Balaban J connectivity index is 2.11. The molecule has 1 aliphatic rings. The largest absolute Gasteiger partial charge is 0.337 e. The van der Waals surface area contributed by atoms with Crippen molar-refractivity contribution in [3.8, 4) is 0 Å². The monoisotopic (exact) mass is 314 g/mol. The first-order valence-corrected chi connectivity index (χ1v) is 8.64. The number of nitrogens with zero attached hydrogens (tertiary/aromatic N) is 2. The summed E-state index contributed by atoms with van der Waals surface area (Å²) >= 11 is 0. The number of hydrogen-bond donors (Lipinski definition) is 0. The highest BCUT2D eigenvalue weighted by Crippen LogP contribution is 2.14. The second kappa shape index (κ2) is 6.11. The van der Waals surface area contributed by atoms with Gasteiger partial charge in [-0.15, -0.1) is 0 Å². The number of halogens is 1. The molecule has 5 nitrogen and oxygen atoms in total. The molecule has 1 aliphatic heterocycles. The predicted molar refractivity (Wildman–Crippen MR) is 78.1 cm³/mol. The van der Waals surface area contributed by atoms with Crippen LogP contribution in [0, 0.1) is 12.7 Å². The highest BCUT2D eigenvalue weighted by atomic mass is 32.2. The summed E-state index contributed by atoms with van der Waals surface area (Å²) in [6, 6.07) is 4.40. The first-order valence-electron chi connectivity index (χ1n) is 6.79. The fourth-order valence-electron chi connectivity index (χ4n) is 2.34. The number of benzene rings is 1. The molecule has 0 bridgehead atoms. The summed E-state index contributed by atoms with van der Waals surface area (Å²) in [4.78, 5) is 13.9. The smallest absolute Gasteiger partial charge is 0.254 e. The van der Waals surface area contributed by atoms with Gasteiger partial charge in [-0.1, -0.05) is 6.07 Å². The van der Waals surface area contributed by atoms with E-state index >= 15 is 0 Å². The number of aryl methyl sites for hydroxylation is 1. The molecule has 1 fully saturated rings. The van der Waals surface area contributed by atoms with Gasteiger partial charge in [0, 0.05) is 31.7 Å². The zero-order valence-electron chi connectivity index (χ0n) is 12.2.